The predicted molar refractivity (Wildman–Crippen MR) is 63.7 cm³/mol. The van der Waals surface area contributed by atoms with E-state index in [0.29, 0.717) is 23.9 Å². The molecule has 4 nitrogen and oxygen atoms in total. The molecule has 0 spiro atoms. The van der Waals surface area contributed by atoms with E-state index in [1.54, 1.807) is 0 Å². The minimum Gasteiger partial charge on any atom is -0.388 e. The average molecular weight is 244 g/mol. The Kier molecular flexibility index (Phi) is 2.99. The number of aromatic nitrogens is 2. The summed E-state index contributed by atoms with van der Waals surface area (Å²) in [7, 11) is 0. The summed E-state index contributed by atoms with van der Waals surface area (Å²) in [5.74, 6) is 1.34. The van der Waals surface area contributed by atoms with Crippen molar-refractivity contribution in [2.24, 2.45) is 5.73 Å². The monoisotopic (exact) mass is 243 g/mol. The van der Waals surface area contributed by atoms with Gasteiger partial charge < -0.3 is 15.4 Å². The van der Waals surface area contributed by atoms with Gasteiger partial charge in [0, 0.05) is 25.4 Å². The first-order chi connectivity index (χ1) is 7.47. The lowest BCUT2D eigenvalue weighted by Crippen LogP contribution is -2.44. The van der Waals surface area contributed by atoms with Crippen molar-refractivity contribution in [3.63, 3.8) is 0 Å². The summed E-state index contributed by atoms with van der Waals surface area (Å²) < 4.78 is 2.12. The van der Waals surface area contributed by atoms with E-state index >= 15 is 0 Å². The molecule has 0 amide bonds. The molecule has 0 aromatic carbocycles. The fourth-order valence-electron chi connectivity index (χ4n) is 2.23. The number of halogens is 1. The summed E-state index contributed by atoms with van der Waals surface area (Å²) in [5, 5.41) is 10.7. The largest absolute Gasteiger partial charge is 0.388 e. The number of hydrogen-bond acceptors (Lipinski definition) is 3. The third-order valence-corrected chi connectivity index (χ3v) is 3.55. The number of hydrogen-bond donors (Lipinski definition) is 2. The van der Waals surface area contributed by atoms with Crippen LogP contribution >= 0.6 is 11.6 Å². The van der Waals surface area contributed by atoms with Gasteiger partial charge in [0.2, 0.25) is 0 Å². The SMILES string of the molecule is CC(C)c1nc(Cl)c2n1CCC(O)(CN)C2. The highest BCUT2D eigenvalue weighted by atomic mass is 35.5. The van der Waals surface area contributed by atoms with Gasteiger partial charge in [-0.1, -0.05) is 25.4 Å². The molecule has 1 atom stereocenters. The molecule has 1 unspecified atom stereocenters. The van der Waals surface area contributed by atoms with Gasteiger partial charge in [0.15, 0.2) is 5.15 Å². The molecule has 16 heavy (non-hydrogen) atoms. The molecule has 1 aliphatic heterocycles. The second-order valence-electron chi connectivity index (χ2n) is 4.87. The Morgan fingerprint density at radius 1 is 1.62 bits per heavy atom. The van der Waals surface area contributed by atoms with E-state index < -0.39 is 5.60 Å². The molecule has 1 aromatic rings. The van der Waals surface area contributed by atoms with Crippen LogP contribution in [0.2, 0.25) is 5.15 Å². The summed E-state index contributed by atoms with van der Waals surface area (Å²) in [5.41, 5.74) is 5.70. The first-order valence-electron chi connectivity index (χ1n) is 5.64. The van der Waals surface area contributed by atoms with E-state index in [1.807, 2.05) is 0 Å². The summed E-state index contributed by atoms with van der Waals surface area (Å²) in [4.78, 5) is 4.37. The summed E-state index contributed by atoms with van der Waals surface area (Å²) in [6, 6.07) is 0. The molecular weight excluding hydrogens is 226 g/mol. The first-order valence-corrected chi connectivity index (χ1v) is 6.02. The van der Waals surface area contributed by atoms with Crippen molar-refractivity contribution in [3.8, 4) is 0 Å². The van der Waals surface area contributed by atoms with Gasteiger partial charge in [0.1, 0.15) is 5.82 Å². The molecule has 90 valence electrons. The van der Waals surface area contributed by atoms with Crippen LogP contribution in [0, 0.1) is 0 Å². The Balaban J connectivity index is 2.40. The van der Waals surface area contributed by atoms with Gasteiger partial charge in [-0.2, -0.15) is 0 Å². The third-order valence-electron chi connectivity index (χ3n) is 3.25. The molecule has 2 rings (SSSR count). The Morgan fingerprint density at radius 2 is 2.31 bits per heavy atom. The molecule has 1 aliphatic rings. The van der Waals surface area contributed by atoms with Crippen LogP contribution < -0.4 is 5.73 Å². The first kappa shape index (κ1) is 11.9. The zero-order valence-corrected chi connectivity index (χ0v) is 10.5. The minimum absolute atomic E-state index is 0.269. The lowest BCUT2D eigenvalue weighted by Gasteiger charge is -2.32. The molecule has 0 saturated heterocycles. The van der Waals surface area contributed by atoms with Crippen molar-refractivity contribution in [2.45, 2.75) is 44.8 Å². The van der Waals surface area contributed by atoms with E-state index in [4.69, 9.17) is 17.3 Å². The van der Waals surface area contributed by atoms with E-state index in [9.17, 15) is 5.11 Å². The Labute approximate surface area is 100 Å². The standard InChI is InChI=1S/C11H18ClN3O/c1-7(2)10-14-9(12)8-5-11(16,6-13)3-4-15(8)10/h7,16H,3-6,13H2,1-2H3. The number of imidazole rings is 1. The molecular formula is C11H18ClN3O. The lowest BCUT2D eigenvalue weighted by atomic mass is 9.91. The van der Waals surface area contributed by atoms with E-state index in [0.717, 1.165) is 18.1 Å². The van der Waals surface area contributed by atoms with Gasteiger partial charge >= 0.3 is 0 Å². The second kappa shape index (κ2) is 4.02. The summed E-state index contributed by atoms with van der Waals surface area (Å²) >= 11 is 6.11. The van der Waals surface area contributed by atoms with Gasteiger partial charge in [-0.05, 0) is 6.42 Å². The van der Waals surface area contributed by atoms with Crippen LogP contribution in [0.25, 0.3) is 0 Å². The highest BCUT2D eigenvalue weighted by Gasteiger charge is 2.34. The Bertz CT molecular complexity index is 402. The zero-order chi connectivity index (χ0) is 11.9. The molecule has 0 bridgehead atoms. The number of aliphatic hydroxyl groups is 1. The van der Waals surface area contributed by atoms with Crippen LogP contribution in [0.5, 0.6) is 0 Å². The maximum Gasteiger partial charge on any atom is 0.150 e. The maximum absolute atomic E-state index is 10.2. The van der Waals surface area contributed by atoms with Crippen LogP contribution in [-0.2, 0) is 13.0 Å². The number of fused-ring (bicyclic) bond motifs is 1. The highest BCUT2D eigenvalue weighted by Crippen LogP contribution is 2.31. The van der Waals surface area contributed by atoms with Gasteiger partial charge in [-0.25, -0.2) is 4.98 Å². The highest BCUT2D eigenvalue weighted by molar-refractivity contribution is 6.30. The zero-order valence-electron chi connectivity index (χ0n) is 9.70. The van der Waals surface area contributed by atoms with Crippen LogP contribution in [0.1, 0.15) is 37.7 Å². The van der Waals surface area contributed by atoms with Gasteiger partial charge in [0.25, 0.3) is 0 Å². The van der Waals surface area contributed by atoms with Crippen molar-refractivity contribution in [3.05, 3.63) is 16.7 Å². The third kappa shape index (κ3) is 1.85. The summed E-state index contributed by atoms with van der Waals surface area (Å²) in [6.45, 7) is 5.20. The molecule has 3 N–H and O–H groups in total. The fourth-order valence-corrected chi connectivity index (χ4v) is 2.48. The number of rotatable bonds is 2. The van der Waals surface area contributed by atoms with Crippen molar-refractivity contribution < 1.29 is 5.11 Å². The van der Waals surface area contributed by atoms with Crippen LogP contribution in [0.15, 0.2) is 0 Å². The van der Waals surface area contributed by atoms with Gasteiger partial charge in [0.05, 0.1) is 11.3 Å². The number of nitrogens with two attached hydrogens (primary N) is 1. The molecule has 1 aromatic heterocycles. The molecule has 0 saturated carbocycles. The van der Waals surface area contributed by atoms with Crippen LogP contribution in [0.3, 0.4) is 0 Å². The topological polar surface area (TPSA) is 64.1 Å². The lowest BCUT2D eigenvalue weighted by molar-refractivity contribution is 0.0237. The molecule has 0 radical (unpaired) electrons. The second-order valence-corrected chi connectivity index (χ2v) is 5.23. The van der Waals surface area contributed by atoms with Crippen molar-refractivity contribution in [1.29, 1.82) is 0 Å². The van der Waals surface area contributed by atoms with Crippen molar-refractivity contribution in [2.75, 3.05) is 6.54 Å². The van der Waals surface area contributed by atoms with Crippen molar-refractivity contribution in [1.82, 2.24) is 9.55 Å². The maximum atomic E-state index is 10.2. The van der Waals surface area contributed by atoms with Gasteiger partial charge in [-0.15, -0.1) is 0 Å². The average Bonchev–Trinajstić information content (AvgIpc) is 2.56. The normalized spacial score (nSPS) is 24.9. The predicted octanol–water partition coefficient (Wildman–Crippen LogP) is 1.30. The molecule has 0 aliphatic carbocycles. The smallest absolute Gasteiger partial charge is 0.150 e. The Morgan fingerprint density at radius 3 is 2.88 bits per heavy atom. The quantitative estimate of drug-likeness (QED) is 0.823. The molecule has 2 heterocycles. The van der Waals surface area contributed by atoms with Crippen LogP contribution in [0.4, 0.5) is 0 Å². The molecule has 0 fully saturated rings. The number of nitrogens with zero attached hydrogens (tertiary/aromatic N) is 2. The minimum atomic E-state index is -0.812. The Hall–Kier alpha value is -0.580. The fraction of sp³-hybridized carbons (Fsp3) is 0.727. The summed E-state index contributed by atoms with van der Waals surface area (Å²) in [6.07, 6.45) is 1.17. The van der Waals surface area contributed by atoms with Crippen LogP contribution in [-0.4, -0.2) is 26.8 Å². The van der Waals surface area contributed by atoms with E-state index in [2.05, 4.69) is 23.4 Å². The molecule has 5 heteroatoms. The van der Waals surface area contributed by atoms with E-state index in [1.165, 1.54) is 0 Å². The van der Waals surface area contributed by atoms with Gasteiger partial charge in [-0.3, -0.25) is 0 Å². The van der Waals surface area contributed by atoms with E-state index in [-0.39, 0.29) is 6.54 Å². The van der Waals surface area contributed by atoms with Crippen molar-refractivity contribution >= 4 is 11.6 Å².